The standard InChI is InChI=1S/C19H22N2O5S/c1-3-26-15-6-4-13(5-7-15)17-20-14(11-27-17)10-16(22)21-19(18(23)24-2)8-9-25-12-19/h4-7,11H,3,8-10,12H2,1-2H3,(H,21,22)/t19-/m0/s1. The quantitative estimate of drug-likeness (QED) is 0.730. The van der Waals surface area contributed by atoms with Crippen molar-refractivity contribution in [1.82, 2.24) is 10.3 Å². The van der Waals surface area contributed by atoms with Crippen LogP contribution in [-0.4, -0.2) is 49.3 Å². The molecule has 1 atom stereocenters. The van der Waals surface area contributed by atoms with E-state index in [2.05, 4.69) is 10.3 Å². The predicted molar refractivity (Wildman–Crippen MR) is 101 cm³/mol. The van der Waals surface area contributed by atoms with E-state index < -0.39 is 11.5 Å². The van der Waals surface area contributed by atoms with E-state index >= 15 is 0 Å². The Morgan fingerprint density at radius 3 is 2.74 bits per heavy atom. The fourth-order valence-corrected chi connectivity index (χ4v) is 3.75. The molecule has 2 aromatic rings. The van der Waals surface area contributed by atoms with Crippen molar-refractivity contribution in [3.8, 4) is 16.3 Å². The molecule has 1 aromatic carbocycles. The van der Waals surface area contributed by atoms with Crippen molar-refractivity contribution in [2.75, 3.05) is 26.9 Å². The number of carbonyl (C=O) groups excluding carboxylic acids is 2. The molecule has 3 rings (SSSR count). The molecule has 144 valence electrons. The number of methoxy groups -OCH3 is 1. The monoisotopic (exact) mass is 390 g/mol. The molecule has 1 fully saturated rings. The summed E-state index contributed by atoms with van der Waals surface area (Å²) in [4.78, 5) is 29.0. The average molecular weight is 390 g/mol. The Hall–Kier alpha value is -2.45. The lowest BCUT2D eigenvalue weighted by molar-refractivity contribution is -0.150. The number of nitrogens with zero attached hydrogens (tertiary/aromatic N) is 1. The number of hydrogen-bond donors (Lipinski definition) is 1. The molecule has 27 heavy (non-hydrogen) atoms. The first kappa shape index (κ1) is 19.3. The second-order valence-corrected chi connectivity index (χ2v) is 7.06. The molecule has 0 unspecified atom stereocenters. The van der Waals surface area contributed by atoms with Gasteiger partial charge in [-0.2, -0.15) is 0 Å². The lowest BCUT2D eigenvalue weighted by Crippen LogP contribution is -2.56. The van der Waals surface area contributed by atoms with Crippen molar-refractivity contribution in [3.05, 3.63) is 35.3 Å². The van der Waals surface area contributed by atoms with E-state index in [4.69, 9.17) is 14.2 Å². The van der Waals surface area contributed by atoms with Gasteiger partial charge in [-0.1, -0.05) is 0 Å². The summed E-state index contributed by atoms with van der Waals surface area (Å²) in [5.74, 6) is 0.0421. The van der Waals surface area contributed by atoms with Crippen molar-refractivity contribution in [2.24, 2.45) is 0 Å². The molecule has 0 spiro atoms. The minimum absolute atomic E-state index is 0.0896. The molecule has 0 aliphatic carbocycles. The largest absolute Gasteiger partial charge is 0.494 e. The fraction of sp³-hybridized carbons (Fsp3) is 0.421. The zero-order chi connectivity index (χ0) is 19.3. The Morgan fingerprint density at radius 1 is 1.33 bits per heavy atom. The number of carbonyl (C=O) groups is 2. The second kappa shape index (κ2) is 8.49. The SMILES string of the molecule is CCOc1ccc(-c2nc(CC(=O)N[C@@]3(C(=O)OC)CCOC3)cs2)cc1. The molecule has 1 amide bonds. The van der Waals surface area contributed by atoms with Crippen LogP contribution >= 0.6 is 11.3 Å². The van der Waals surface area contributed by atoms with Gasteiger partial charge in [-0.05, 0) is 31.2 Å². The number of aromatic nitrogens is 1. The Bertz CT molecular complexity index is 797. The maximum Gasteiger partial charge on any atom is 0.334 e. The third-order valence-electron chi connectivity index (χ3n) is 4.28. The smallest absolute Gasteiger partial charge is 0.334 e. The number of esters is 1. The van der Waals surface area contributed by atoms with Crippen molar-refractivity contribution >= 4 is 23.2 Å². The van der Waals surface area contributed by atoms with E-state index in [-0.39, 0.29) is 18.9 Å². The van der Waals surface area contributed by atoms with Crippen LogP contribution < -0.4 is 10.1 Å². The first-order valence-electron chi connectivity index (χ1n) is 8.71. The van der Waals surface area contributed by atoms with E-state index in [1.54, 1.807) is 0 Å². The zero-order valence-corrected chi connectivity index (χ0v) is 16.1. The molecule has 8 heteroatoms. The van der Waals surface area contributed by atoms with Gasteiger partial charge in [-0.25, -0.2) is 9.78 Å². The van der Waals surface area contributed by atoms with E-state index in [1.807, 2.05) is 36.6 Å². The highest BCUT2D eigenvalue weighted by molar-refractivity contribution is 7.13. The van der Waals surface area contributed by atoms with Crippen LogP contribution in [0.5, 0.6) is 5.75 Å². The van der Waals surface area contributed by atoms with Crippen LogP contribution in [0, 0.1) is 0 Å². The van der Waals surface area contributed by atoms with E-state index in [0.717, 1.165) is 16.3 Å². The summed E-state index contributed by atoms with van der Waals surface area (Å²) >= 11 is 1.47. The lowest BCUT2D eigenvalue weighted by atomic mass is 9.98. The van der Waals surface area contributed by atoms with Gasteiger partial charge >= 0.3 is 5.97 Å². The molecule has 1 saturated heterocycles. The number of nitrogens with one attached hydrogen (secondary N) is 1. The van der Waals surface area contributed by atoms with Gasteiger partial charge < -0.3 is 19.5 Å². The number of hydrogen-bond acceptors (Lipinski definition) is 7. The van der Waals surface area contributed by atoms with Crippen molar-refractivity contribution in [1.29, 1.82) is 0 Å². The molecule has 1 N–H and O–H groups in total. The van der Waals surface area contributed by atoms with Gasteiger partial charge in [0, 0.05) is 24.0 Å². The summed E-state index contributed by atoms with van der Waals surface area (Å²) in [6.07, 6.45) is 0.492. The first-order valence-corrected chi connectivity index (χ1v) is 9.59. The van der Waals surface area contributed by atoms with Gasteiger partial charge in [0.2, 0.25) is 5.91 Å². The summed E-state index contributed by atoms with van der Waals surface area (Å²) in [5.41, 5.74) is 0.519. The Balaban J connectivity index is 1.64. The zero-order valence-electron chi connectivity index (χ0n) is 15.3. The third-order valence-corrected chi connectivity index (χ3v) is 5.22. The molecular formula is C19H22N2O5S. The number of amides is 1. The summed E-state index contributed by atoms with van der Waals surface area (Å²) in [7, 11) is 1.30. The van der Waals surface area contributed by atoms with E-state index in [1.165, 1.54) is 18.4 Å². The van der Waals surface area contributed by atoms with Crippen molar-refractivity contribution in [3.63, 3.8) is 0 Å². The van der Waals surface area contributed by atoms with Crippen LogP contribution in [-0.2, 0) is 25.5 Å². The number of ether oxygens (including phenoxy) is 3. The van der Waals surface area contributed by atoms with Crippen LogP contribution in [0.1, 0.15) is 19.0 Å². The van der Waals surface area contributed by atoms with Crippen LogP contribution in [0.15, 0.2) is 29.6 Å². The summed E-state index contributed by atoms with van der Waals surface area (Å²) < 4.78 is 15.5. The van der Waals surface area contributed by atoms with Gasteiger partial charge in [-0.3, -0.25) is 4.79 Å². The maximum atomic E-state index is 12.4. The fourth-order valence-electron chi connectivity index (χ4n) is 2.93. The minimum atomic E-state index is -1.10. The van der Waals surface area contributed by atoms with E-state index in [9.17, 15) is 9.59 Å². The molecule has 0 radical (unpaired) electrons. The van der Waals surface area contributed by atoms with Gasteiger partial charge in [0.1, 0.15) is 10.8 Å². The summed E-state index contributed by atoms with van der Waals surface area (Å²) in [6, 6.07) is 7.67. The Kier molecular flexibility index (Phi) is 6.08. The third kappa shape index (κ3) is 4.45. The summed E-state index contributed by atoms with van der Waals surface area (Å²) in [6.45, 7) is 3.09. The molecular weight excluding hydrogens is 368 g/mol. The predicted octanol–water partition coefficient (Wildman–Crippen LogP) is 2.20. The Morgan fingerprint density at radius 2 is 2.11 bits per heavy atom. The van der Waals surface area contributed by atoms with Crippen LogP contribution in [0.3, 0.4) is 0 Å². The highest BCUT2D eigenvalue weighted by Gasteiger charge is 2.44. The van der Waals surface area contributed by atoms with E-state index in [0.29, 0.717) is 25.3 Å². The molecule has 0 bridgehead atoms. The lowest BCUT2D eigenvalue weighted by Gasteiger charge is -2.25. The average Bonchev–Trinajstić information content (AvgIpc) is 3.32. The van der Waals surface area contributed by atoms with Crippen LogP contribution in [0.2, 0.25) is 0 Å². The van der Waals surface area contributed by atoms with Gasteiger partial charge in [0.15, 0.2) is 5.54 Å². The van der Waals surface area contributed by atoms with Gasteiger partial charge in [0.25, 0.3) is 0 Å². The molecule has 1 aliphatic heterocycles. The van der Waals surface area contributed by atoms with Crippen molar-refractivity contribution in [2.45, 2.75) is 25.3 Å². The molecule has 1 aromatic heterocycles. The molecule has 0 saturated carbocycles. The molecule has 1 aliphatic rings. The number of thiazole rings is 1. The van der Waals surface area contributed by atoms with Crippen LogP contribution in [0.4, 0.5) is 0 Å². The first-order chi connectivity index (χ1) is 13.1. The Labute approximate surface area is 161 Å². The minimum Gasteiger partial charge on any atom is -0.494 e. The normalized spacial score (nSPS) is 18.9. The highest BCUT2D eigenvalue weighted by Crippen LogP contribution is 2.26. The van der Waals surface area contributed by atoms with Crippen molar-refractivity contribution < 1.29 is 23.8 Å². The topological polar surface area (TPSA) is 86.8 Å². The second-order valence-electron chi connectivity index (χ2n) is 6.20. The number of benzene rings is 1. The van der Waals surface area contributed by atoms with Gasteiger partial charge in [0.05, 0.1) is 32.4 Å². The summed E-state index contributed by atoms with van der Waals surface area (Å²) in [5, 5.41) is 5.45. The number of rotatable bonds is 7. The molecule has 2 heterocycles. The van der Waals surface area contributed by atoms with Gasteiger partial charge in [-0.15, -0.1) is 11.3 Å². The van der Waals surface area contributed by atoms with Crippen LogP contribution in [0.25, 0.3) is 10.6 Å². The highest BCUT2D eigenvalue weighted by atomic mass is 32.1. The molecule has 7 nitrogen and oxygen atoms in total. The maximum absolute atomic E-state index is 12.4.